The Kier molecular flexibility index (Phi) is 6.22. The largest absolute Gasteiger partial charge is 0.507 e. The van der Waals surface area contributed by atoms with Gasteiger partial charge in [-0.1, -0.05) is 30.3 Å². The number of nitrogens with two attached hydrogens (primary N) is 1. The van der Waals surface area contributed by atoms with Gasteiger partial charge in [-0.3, -0.25) is 28.9 Å². The van der Waals surface area contributed by atoms with Gasteiger partial charge in [-0.2, -0.15) is 0 Å². The van der Waals surface area contributed by atoms with E-state index in [0.717, 1.165) is 11.3 Å². The number of fused-ring (bicyclic) bond motifs is 3. The number of amides is 1. The third-order valence-corrected chi connectivity index (χ3v) is 8.45. The molecular weight excluding hydrogens is 486 g/mol. The number of anilines is 1. The highest BCUT2D eigenvalue weighted by Gasteiger charge is 2.61. The van der Waals surface area contributed by atoms with E-state index in [2.05, 4.69) is 0 Å². The molecule has 198 valence electrons. The van der Waals surface area contributed by atoms with Crippen LogP contribution in [0.2, 0.25) is 0 Å². The van der Waals surface area contributed by atoms with E-state index in [1.54, 1.807) is 19.0 Å². The highest BCUT2D eigenvalue weighted by Crippen LogP contribution is 2.51. The number of primary amides is 1. The Morgan fingerprint density at radius 3 is 2.18 bits per heavy atom. The maximum absolute atomic E-state index is 14.0. The molecule has 5 rings (SSSR count). The highest BCUT2D eigenvalue weighted by molar-refractivity contribution is 6.29. The van der Waals surface area contributed by atoms with Crippen LogP contribution in [0.25, 0.3) is 11.1 Å². The van der Waals surface area contributed by atoms with Gasteiger partial charge in [0.15, 0.2) is 29.1 Å². The van der Waals surface area contributed by atoms with Crippen molar-refractivity contribution in [2.45, 2.75) is 18.9 Å². The first kappa shape index (κ1) is 25.8. The third-order valence-electron chi connectivity index (χ3n) is 8.45. The Labute approximate surface area is 220 Å². The number of carbonyl (C=O) groups is 5. The Morgan fingerprint density at radius 2 is 1.61 bits per heavy atom. The first-order chi connectivity index (χ1) is 18.0. The van der Waals surface area contributed by atoms with Crippen molar-refractivity contribution in [3.63, 3.8) is 0 Å². The van der Waals surface area contributed by atoms with Crippen molar-refractivity contribution in [2.75, 3.05) is 33.1 Å². The minimum atomic E-state index is -1.71. The maximum Gasteiger partial charge on any atom is 0.235 e. The zero-order valence-corrected chi connectivity index (χ0v) is 21.8. The van der Waals surface area contributed by atoms with Gasteiger partial charge in [-0.15, -0.1) is 0 Å². The lowest BCUT2D eigenvalue weighted by Gasteiger charge is -2.48. The lowest BCUT2D eigenvalue weighted by molar-refractivity contribution is -0.157. The molecule has 2 fully saturated rings. The van der Waals surface area contributed by atoms with Gasteiger partial charge in [0.1, 0.15) is 5.75 Å². The summed E-state index contributed by atoms with van der Waals surface area (Å²) in [4.78, 5) is 70.1. The molecule has 9 nitrogen and oxygen atoms in total. The molecule has 0 heterocycles. The molecule has 9 heteroatoms. The van der Waals surface area contributed by atoms with Crippen LogP contribution in [-0.2, 0) is 25.6 Å². The number of nitrogens with zero attached hydrogens (tertiary/aromatic N) is 2. The molecule has 1 amide bonds. The number of hydrogen-bond donors (Lipinski definition) is 2. The minimum Gasteiger partial charge on any atom is -0.507 e. The molecule has 0 aromatic heterocycles. The van der Waals surface area contributed by atoms with Crippen molar-refractivity contribution >= 4 is 34.7 Å². The number of likely N-dealkylation sites (N-methyl/N-ethyl adjacent to an activating group) is 1. The lowest BCUT2D eigenvalue weighted by atomic mass is 9.54. The molecule has 6 unspecified atom stereocenters. The quantitative estimate of drug-likeness (QED) is 0.582. The van der Waals surface area contributed by atoms with E-state index < -0.39 is 64.7 Å². The molecule has 2 saturated carbocycles. The molecule has 3 aliphatic rings. The van der Waals surface area contributed by atoms with Crippen LogP contribution in [0.5, 0.6) is 5.75 Å². The normalized spacial score (nSPS) is 28.6. The zero-order chi connectivity index (χ0) is 27.6. The Bertz CT molecular complexity index is 1380. The van der Waals surface area contributed by atoms with Gasteiger partial charge in [-0.05, 0) is 56.0 Å². The van der Waals surface area contributed by atoms with Gasteiger partial charge in [0.05, 0.1) is 23.4 Å². The summed E-state index contributed by atoms with van der Waals surface area (Å²) in [6.45, 7) is 0. The molecular formula is C29H31N3O6. The number of rotatable bonds is 4. The first-order valence-corrected chi connectivity index (χ1v) is 12.7. The second-order valence-electron chi connectivity index (χ2n) is 11.0. The van der Waals surface area contributed by atoms with Crippen LogP contribution in [0.4, 0.5) is 5.69 Å². The van der Waals surface area contributed by atoms with Crippen LogP contribution in [0.3, 0.4) is 0 Å². The molecule has 3 aliphatic carbocycles. The Morgan fingerprint density at radius 1 is 0.947 bits per heavy atom. The smallest absolute Gasteiger partial charge is 0.235 e. The van der Waals surface area contributed by atoms with E-state index in [0.29, 0.717) is 17.5 Å². The van der Waals surface area contributed by atoms with Gasteiger partial charge in [0.25, 0.3) is 0 Å². The molecule has 0 radical (unpaired) electrons. The number of phenols is 1. The molecule has 2 aromatic carbocycles. The van der Waals surface area contributed by atoms with Crippen molar-refractivity contribution in [3.8, 4) is 16.9 Å². The van der Waals surface area contributed by atoms with Crippen LogP contribution in [-0.4, -0.2) is 73.3 Å². The maximum atomic E-state index is 14.0. The van der Waals surface area contributed by atoms with Gasteiger partial charge in [-0.25, -0.2) is 0 Å². The van der Waals surface area contributed by atoms with E-state index in [1.807, 2.05) is 55.4 Å². The highest BCUT2D eigenvalue weighted by atomic mass is 16.3. The average molecular weight is 518 g/mol. The van der Waals surface area contributed by atoms with Gasteiger partial charge in [0, 0.05) is 25.3 Å². The summed E-state index contributed by atoms with van der Waals surface area (Å²) >= 11 is 0. The Balaban J connectivity index is 1.66. The summed E-state index contributed by atoms with van der Waals surface area (Å²) in [6.07, 6.45) is 0.616. The standard InChI is InChI=1S/C29H31N3O6/c1-31(2)18-12-15(13-8-6-5-7-9-13)24(33)20-16(18)10-14-11-17-21(26(35)19(14)25(20)34)27(36)22(29(30)38)28(37)23(17)32(3)4/h5-9,12,14,17,19,21-23,33H,10-11H2,1-4H3,(H2,30,38). The van der Waals surface area contributed by atoms with E-state index in [-0.39, 0.29) is 17.7 Å². The molecule has 0 spiro atoms. The zero-order valence-electron chi connectivity index (χ0n) is 21.8. The second kappa shape index (κ2) is 9.16. The molecule has 0 aliphatic heterocycles. The molecule has 3 N–H and O–H groups in total. The van der Waals surface area contributed by atoms with Crippen molar-refractivity contribution in [1.29, 1.82) is 0 Å². The van der Waals surface area contributed by atoms with Crippen LogP contribution in [0, 0.1) is 29.6 Å². The number of carbonyl (C=O) groups excluding carboxylic acids is 5. The molecule has 0 bridgehead atoms. The molecule has 0 saturated heterocycles. The van der Waals surface area contributed by atoms with E-state index in [9.17, 15) is 29.1 Å². The van der Waals surface area contributed by atoms with Crippen molar-refractivity contribution in [2.24, 2.45) is 35.3 Å². The summed E-state index contributed by atoms with van der Waals surface area (Å²) in [7, 11) is 7.03. The van der Waals surface area contributed by atoms with Gasteiger partial charge >= 0.3 is 0 Å². The third kappa shape index (κ3) is 3.67. The first-order valence-electron chi connectivity index (χ1n) is 12.7. The number of benzene rings is 2. The summed E-state index contributed by atoms with van der Waals surface area (Å²) in [5.74, 6) is -9.06. The van der Waals surface area contributed by atoms with E-state index >= 15 is 0 Å². The average Bonchev–Trinajstić information content (AvgIpc) is 2.83. The van der Waals surface area contributed by atoms with Crippen LogP contribution >= 0.6 is 0 Å². The fraction of sp³-hybridized carbons (Fsp3) is 0.414. The van der Waals surface area contributed by atoms with Crippen molar-refractivity contribution in [3.05, 3.63) is 47.5 Å². The van der Waals surface area contributed by atoms with Crippen LogP contribution < -0.4 is 10.6 Å². The minimum absolute atomic E-state index is 0.0954. The number of aromatic hydroxyl groups is 1. The van der Waals surface area contributed by atoms with Gasteiger partial charge < -0.3 is 15.7 Å². The lowest BCUT2D eigenvalue weighted by Crippen LogP contribution is -2.64. The SMILES string of the molecule is CN(C)c1cc(-c2ccccc2)c(O)c2c1CC1CC3C(C(=O)C(C(N)=O)C(=O)C3N(C)C)C(=O)C1C2=O. The monoisotopic (exact) mass is 517 g/mol. The molecule has 38 heavy (non-hydrogen) atoms. The predicted molar refractivity (Wildman–Crippen MR) is 140 cm³/mol. The van der Waals surface area contributed by atoms with Crippen LogP contribution in [0.1, 0.15) is 22.3 Å². The summed E-state index contributed by atoms with van der Waals surface area (Å²) < 4.78 is 0. The van der Waals surface area contributed by atoms with Crippen molar-refractivity contribution in [1.82, 2.24) is 4.90 Å². The summed E-state index contributed by atoms with van der Waals surface area (Å²) in [5, 5.41) is 11.4. The summed E-state index contributed by atoms with van der Waals surface area (Å²) in [5.41, 5.74) is 8.12. The number of hydrogen-bond acceptors (Lipinski definition) is 8. The van der Waals surface area contributed by atoms with Crippen LogP contribution in [0.15, 0.2) is 36.4 Å². The van der Waals surface area contributed by atoms with Gasteiger partial charge in [0.2, 0.25) is 5.91 Å². The molecule has 6 atom stereocenters. The fourth-order valence-electron chi connectivity index (χ4n) is 6.91. The fourth-order valence-corrected chi connectivity index (χ4v) is 6.91. The van der Waals surface area contributed by atoms with E-state index in [4.69, 9.17) is 5.73 Å². The second-order valence-corrected chi connectivity index (χ2v) is 11.0. The Hall–Kier alpha value is -3.85. The topological polar surface area (TPSA) is 138 Å². The number of ketones is 4. The predicted octanol–water partition coefficient (Wildman–Crippen LogP) is 1.49. The number of phenolic OH excluding ortho intramolecular Hbond substituents is 1. The number of Topliss-reactive ketones (excluding diaryl/α,β-unsaturated/α-hetero) is 4. The van der Waals surface area contributed by atoms with E-state index in [1.165, 1.54) is 0 Å². The molecule has 2 aromatic rings. The summed E-state index contributed by atoms with van der Waals surface area (Å²) in [6, 6.07) is 10.2. The van der Waals surface area contributed by atoms with Crippen molar-refractivity contribution < 1.29 is 29.1 Å².